The van der Waals surface area contributed by atoms with Crippen molar-refractivity contribution in [3.8, 4) is 12.1 Å². The van der Waals surface area contributed by atoms with E-state index in [0.717, 1.165) is 33.4 Å². The van der Waals surface area contributed by atoms with E-state index < -0.39 is 5.24 Å². The van der Waals surface area contributed by atoms with Crippen molar-refractivity contribution in [2.45, 2.75) is 39.0 Å². The molecular formula is C44H33Cl3N6O4S2. The number of thiophene rings is 2. The Morgan fingerprint density at radius 3 is 1.61 bits per heavy atom. The van der Waals surface area contributed by atoms with E-state index in [0.29, 0.717) is 79.9 Å². The van der Waals surface area contributed by atoms with Gasteiger partial charge in [0.1, 0.15) is 0 Å². The first kappa shape index (κ1) is 42.6. The summed E-state index contributed by atoms with van der Waals surface area (Å²) in [6, 6.07) is 37.2. The van der Waals surface area contributed by atoms with Gasteiger partial charge in [-0.3, -0.25) is 19.2 Å². The van der Waals surface area contributed by atoms with Crippen LogP contribution >= 0.6 is 57.5 Å². The van der Waals surface area contributed by atoms with Crippen LogP contribution in [0.2, 0.25) is 8.67 Å². The maximum absolute atomic E-state index is 12.9. The van der Waals surface area contributed by atoms with Crippen molar-refractivity contribution in [2.24, 2.45) is 0 Å². The van der Waals surface area contributed by atoms with Crippen LogP contribution in [0.3, 0.4) is 0 Å². The minimum Gasteiger partial charge on any atom is -0.398 e. The molecule has 2 aliphatic heterocycles. The summed E-state index contributed by atoms with van der Waals surface area (Å²) in [4.78, 5) is 52.7. The molecule has 296 valence electrons. The Morgan fingerprint density at radius 1 is 0.661 bits per heavy atom. The number of fused-ring (bicyclic) bond motifs is 2. The van der Waals surface area contributed by atoms with E-state index in [1.54, 1.807) is 52.3 Å². The molecular weight excluding hydrogens is 847 g/mol. The standard InChI is InChI=1S/C22H16ClN3O2S.C17H15N3O.C5H2Cl2OS/c23-20-8-7-19(29-20)21(27)25-18-6-2-5-16-17(18)13-26(22(16)28)12-15-4-1-3-14(11-15)9-10-24;18-8-7-12-3-1-4-13(9-12)10-20-11-15-14(17(20)21)5-2-6-16(15)19;6-4-2-1-3(9-4)5(7)8/h1-8,11H,9,12-13H2,(H,25,27);1-6,9H,7,10-11,19H2;1-2H. The molecule has 59 heavy (non-hydrogen) atoms. The second kappa shape index (κ2) is 19.6. The SMILES string of the molecule is N#CCc1cccc(CN2Cc3c(N)cccc3C2=O)c1.N#CCc1cccc(CN2Cc3c(NC(=O)c4ccc(Cl)s4)cccc3C2=O)c1.O=C(Cl)c1ccc(Cl)s1. The van der Waals surface area contributed by atoms with Crippen molar-refractivity contribution in [1.29, 1.82) is 10.5 Å². The summed E-state index contributed by atoms with van der Waals surface area (Å²) in [6.07, 6.45) is 0.722. The predicted octanol–water partition coefficient (Wildman–Crippen LogP) is 10.1. The maximum atomic E-state index is 12.9. The lowest BCUT2D eigenvalue weighted by Crippen LogP contribution is -2.23. The molecule has 3 amide bonds. The van der Waals surface area contributed by atoms with Crippen LogP contribution in [-0.2, 0) is 39.0 Å². The fraction of sp³-hybridized carbons (Fsp3) is 0.136. The van der Waals surface area contributed by atoms with Crippen LogP contribution in [0, 0.1) is 22.7 Å². The smallest absolute Gasteiger partial charge is 0.265 e. The highest BCUT2D eigenvalue weighted by atomic mass is 35.5. The number of hydrogen-bond donors (Lipinski definition) is 2. The zero-order chi connectivity index (χ0) is 42.1. The Bertz CT molecular complexity index is 2650. The minimum atomic E-state index is -0.452. The molecule has 0 aliphatic carbocycles. The van der Waals surface area contributed by atoms with Gasteiger partial charge in [-0.05, 0) is 82.4 Å². The molecule has 2 aromatic heterocycles. The number of nitrogens with one attached hydrogen (secondary N) is 1. The highest BCUT2D eigenvalue weighted by Gasteiger charge is 2.30. The number of nitrogens with zero attached hydrogens (tertiary/aromatic N) is 4. The molecule has 3 N–H and O–H groups in total. The van der Waals surface area contributed by atoms with Gasteiger partial charge in [-0.25, -0.2) is 0 Å². The molecule has 0 unspecified atom stereocenters. The predicted molar refractivity (Wildman–Crippen MR) is 233 cm³/mol. The van der Waals surface area contributed by atoms with Gasteiger partial charge in [0, 0.05) is 59.8 Å². The van der Waals surface area contributed by atoms with Gasteiger partial charge in [0.05, 0.1) is 43.4 Å². The molecule has 0 bridgehead atoms. The molecule has 0 spiro atoms. The van der Waals surface area contributed by atoms with Gasteiger partial charge in [0.25, 0.3) is 23.0 Å². The molecule has 0 fully saturated rings. The molecule has 2 aliphatic rings. The maximum Gasteiger partial charge on any atom is 0.265 e. The highest BCUT2D eigenvalue weighted by molar-refractivity contribution is 7.19. The van der Waals surface area contributed by atoms with Crippen LogP contribution in [0.5, 0.6) is 0 Å². The van der Waals surface area contributed by atoms with Gasteiger partial charge in [-0.2, -0.15) is 10.5 Å². The summed E-state index contributed by atoms with van der Waals surface area (Å²) in [5, 5.41) is 20.1. The molecule has 4 heterocycles. The van der Waals surface area contributed by atoms with Gasteiger partial charge in [0.2, 0.25) is 0 Å². The van der Waals surface area contributed by atoms with E-state index in [4.69, 9.17) is 51.1 Å². The fourth-order valence-electron chi connectivity index (χ4n) is 6.52. The zero-order valence-corrected chi connectivity index (χ0v) is 35.0. The number of benzene rings is 4. The van der Waals surface area contributed by atoms with E-state index in [1.807, 2.05) is 66.7 Å². The summed E-state index contributed by atoms with van der Waals surface area (Å²) in [5.41, 5.74) is 14.2. The summed E-state index contributed by atoms with van der Waals surface area (Å²) in [7, 11) is 0. The lowest BCUT2D eigenvalue weighted by molar-refractivity contribution is 0.0759. The Morgan fingerprint density at radius 2 is 1.14 bits per heavy atom. The summed E-state index contributed by atoms with van der Waals surface area (Å²) >= 11 is 18.9. The van der Waals surface area contributed by atoms with Crippen molar-refractivity contribution < 1.29 is 19.2 Å². The third kappa shape index (κ3) is 10.7. The van der Waals surface area contributed by atoms with E-state index in [9.17, 15) is 19.2 Å². The number of nitrogens with two attached hydrogens (primary N) is 1. The zero-order valence-electron chi connectivity index (χ0n) is 31.1. The van der Waals surface area contributed by atoms with Crippen molar-refractivity contribution >= 4 is 91.8 Å². The molecule has 8 rings (SSSR count). The number of nitrogen functional groups attached to an aromatic ring is 1. The minimum absolute atomic E-state index is 0.0167. The number of anilines is 2. The van der Waals surface area contributed by atoms with Crippen molar-refractivity contribution in [3.05, 3.63) is 172 Å². The number of amides is 3. The highest BCUT2D eigenvalue weighted by Crippen LogP contribution is 2.32. The summed E-state index contributed by atoms with van der Waals surface area (Å²) in [5.74, 6) is -0.297. The number of nitriles is 2. The van der Waals surface area contributed by atoms with Crippen LogP contribution in [-0.4, -0.2) is 32.8 Å². The number of rotatable bonds is 9. The summed E-state index contributed by atoms with van der Waals surface area (Å²) in [6.45, 7) is 1.94. The van der Waals surface area contributed by atoms with Gasteiger partial charge in [-0.1, -0.05) is 83.9 Å². The topological polar surface area (TPSA) is 160 Å². The molecule has 6 aromatic rings. The molecule has 4 aromatic carbocycles. The van der Waals surface area contributed by atoms with Gasteiger partial charge < -0.3 is 20.9 Å². The lowest BCUT2D eigenvalue weighted by Gasteiger charge is -2.16. The van der Waals surface area contributed by atoms with E-state index in [-0.39, 0.29) is 17.7 Å². The number of carbonyl (C=O) groups is 4. The average Bonchev–Trinajstić information content (AvgIpc) is 4.00. The second-order valence-electron chi connectivity index (χ2n) is 13.3. The Balaban J connectivity index is 0.000000169. The second-order valence-corrected chi connectivity index (χ2v) is 17.0. The summed E-state index contributed by atoms with van der Waals surface area (Å²) < 4.78 is 1.13. The number of carbonyl (C=O) groups excluding carboxylic acids is 4. The molecule has 0 saturated heterocycles. The van der Waals surface area contributed by atoms with E-state index in [1.165, 1.54) is 22.7 Å². The third-order valence-corrected chi connectivity index (χ3v) is 12.0. The quantitative estimate of drug-likeness (QED) is 0.108. The van der Waals surface area contributed by atoms with Crippen molar-refractivity contribution in [2.75, 3.05) is 11.1 Å². The Kier molecular flexibility index (Phi) is 14.2. The van der Waals surface area contributed by atoms with E-state index >= 15 is 0 Å². The van der Waals surface area contributed by atoms with Gasteiger partial charge in [0.15, 0.2) is 0 Å². The van der Waals surface area contributed by atoms with Crippen molar-refractivity contribution in [1.82, 2.24) is 9.80 Å². The Labute approximate surface area is 363 Å². The van der Waals surface area contributed by atoms with Crippen LogP contribution < -0.4 is 11.1 Å². The third-order valence-electron chi connectivity index (χ3n) is 9.23. The molecule has 0 atom stereocenters. The molecule has 0 radical (unpaired) electrons. The van der Waals surface area contributed by atoms with Crippen LogP contribution in [0.4, 0.5) is 11.4 Å². The fourth-order valence-corrected chi connectivity index (χ4v) is 8.51. The van der Waals surface area contributed by atoms with Crippen LogP contribution in [0.25, 0.3) is 0 Å². The first-order valence-corrected chi connectivity index (χ1v) is 20.7. The van der Waals surface area contributed by atoms with Crippen LogP contribution in [0.1, 0.15) is 73.4 Å². The number of hydrogen-bond acceptors (Lipinski definition) is 9. The monoisotopic (exact) mass is 878 g/mol. The first-order valence-electron chi connectivity index (χ1n) is 17.9. The van der Waals surface area contributed by atoms with Crippen molar-refractivity contribution in [3.63, 3.8) is 0 Å². The average molecular weight is 880 g/mol. The lowest BCUT2D eigenvalue weighted by atomic mass is 10.1. The Hall–Kier alpha value is -5.99. The molecule has 10 nitrogen and oxygen atoms in total. The van der Waals surface area contributed by atoms with Gasteiger partial charge in [-0.15, -0.1) is 22.7 Å². The van der Waals surface area contributed by atoms with Crippen LogP contribution in [0.15, 0.2) is 109 Å². The van der Waals surface area contributed by atoms with E-state index in [2.05, 4.69) is 17.5 Å². The first-order chi connectivity index (χ1) is 28.4. The number of halogens is 3. The molecule has 0 saturated carbocycles. The largest absolute Gasteiger partial charge is 0.398 e. The molecule has 15 heteroatoms. The van der Waals surface area contributed by atoms with Gasteiger partial charge >= 0.3 is 0 Å². The normalized spacial score (nSPS) is 12.3.